The molecular weight excluding hydrogens is 296 g/mol. The highest BCUT2D eigenvalue weighted by molar-refractivity contribution is 9.10. The van der Waals surface area contributed by atoms with Crippen molar-refractivity contribution >= 4 is 21.8 Å². The van der Waals surface area contributed by atoms with E-state index in [4.69, 9.17) is 4.74 Å². The van der Waals surface area contributed by atoms with Gasteiger partial charge in [0.05, 0.1) is 17.5 Å². The van der Waals surface area contributed by atoms with Gasteiger partial charge in [0.15, 0.2) is 0 Å². The average Bonchev–Trinajstić information content (AvgIpc) is 2.38. The second-order valence-corrected chi connectivity index (χ2v) is 4.88. The maximum absolute atomic E-state index is 11.5. The topological polar surface area (TPSA) is 50.4 Å². The molecule has 0 aliphatic carbocycles. The third-order valence-electron chi connectivity index (χ3n) is 2.52. The van der Waals surface area contributed by atoms with Gasteiger partial charge in [0, 0.05) is 12.6 Å². The molecule has 0 aliphatic heterocycles. The molecule has 0 heterocycles. The minimum atomic E-state index is 0.00385. The Balaban J connectivity index is 2.22. The van der Waals surface area contributed by atoms with Gasteiger partial charge < -0.3 is 15.4 Å². The molecule has 0 bridgehead atoms. The summed E-state index contributed by atoms with van der Waals surface area (Å²) >= 11 is 3.39. The van der Waals surface area contributed by atoms with Crippen LogP contribution in [0.3, 0.4) is 0 Å². The Bertz CT molecular complexity index is 385. The van der Waals surface area contributed by atoms with Crippen molar-refractivity contribution in [1.82, 2.24) is 10.6 Å². The molecule has 0 radical (unpaired) electrons. The van der Waals surface area contributed by atoms with Gasteiger partial charge in [-0.2, -0.15) is 0 Å². The Hall–Kier alpha value is -1.07. The Morgan fingerprint density at radius 2 is 2.17 bits per heavy atom. The Morgan fingerprint density at radius 3 is 2.83 bits per heavy atom. The molecule has 0 aliphatic rings. The third-order valence-corrected chi connectivity index (χ3v) is 3.18. The summed E-state index contributed by atoms with van der Waals surface area (Å²) in [6.07, 6.45) is 0.359. The van der Waals surface area contributed by atoms with Gasteiger partial charge >= 0.3 is 0 Å². The first-order valence-electron chi connectivity index (χ1n) is 5.94. The molecule has 5 heteroatoms. The lowest BCUT2D eigenvalue weighted by Crippen LogP contribution is -2.37. The van der Waals surface area contributed by atoms with Crippen molar-refractivity contribution in [2.45, 2.75) is 19.4 Å². The SMILES string of the molecule is CNC(C)CNC(=O)CCOc1ccccc1Br. The summed E-state index contributed by atoms with van der Waals surface area (Å²) in [4.78, 5) is 11.5. The summed E-state index contributed by atoms with van der Waals surface area (Å²) in [6, 6.07) is 7.87. The van der Waals surface area contributed by atoms with Crippen molar-refractivity contribution in [3.63, 3.8) is 0 Å². The van der Waals surface area contributed by atoms with E-state index in [1.165, 1.54) is 0 Å². The van der Waals surface area contributed by atoms with Crippen LogP contribution in [0.1, 0.15) is 13.3 Å². The molecule has 0 spiro atoms. The largest absolute Gasteiger partial charge is 0.492 e. The highest BCUT2D eigenvalue weighted by Gasteiger charge is 2.05. The number of rotatable bonds is 7. The van der Waals surface area contributed by atoms with Crippen LogP contribution in [-0.2, 0) is 4.79 Å². The quantitative estimate of drug-likeness (QED) is 0.808. The van der Waals surface area contributed by atoms with Crippen LogP contribution in [-0.4, -0.2) is 32.1 Å². The summed E-state index contributed by atoms with van der Waals surface area (Å²) in [5.41, 5.74) is 0. The molecule has 0 fully saturated rings. The van der Waals surface area contributed by atoms with Crippen LogP contribution < -0.4 is 15.4 Å². The van der Waals surface area contributed by atoms with Gasteiger partial charge in [0.2, 0.25) is 5.91 Å². The summed E-state index contributed by atoms with van der Waals surface area (Å²) in [5.74, 6) is 0.762. The zero-order valence-corrected chi connectivity index (χ0v) is 12.3. The van der Waals surface area contributed by atoms with E-state index < -0.39 is 0 Å². The fraction of sp³-hybridized carbons (Fsp3) is 0.462. The van der Waals surface area contributed by atoms with E-state index in [0.717, 1.165) is 10.2 Å². The van der Waals surface area contributed by atoms with E-state index in [1.807, 2.05) is 38.2 Å². The van der Waals surface area contributed by atoms with Crippen molar-refractivity contribution in [2.75, 3.05) is 20.2 Å². The Morgan fingerprint density at radius 1 is 1.44 bits per heavy atom. The summed E-state index contributed by atoms with van der Waals surface area (Å²) in [6.45, 7) is 3.02. The number of carbonyl (C=O) groups excluding carboxylic acids is 1. The van der Waals surface area contributed by atoms with Crippen molar-refractivity contribution in [3.8, 4) is 5.75 Å². The molecule has 1 amide bonds. The van der Waals surface area contributed by atoms with Crippen molar-refractivity contribution in [2.24, 2.45) is 0 Å². The standard InChI is InChI=1S/C13H19BrN2O2/c1-10(15-2)9-16-13(17)7-8-18-12-6-4-3-5-11(12)14/h3-6,10,15H,7-9H2,1-2H3,(H,16,17). The molecule has 4 nitrogen and oxygen atoms in total. The molecule has 18 heavy (non-hydrogen) atoms. The number of likely N-dealkylation sites (N-methyl/N-ethyl adjacent to an activating group) is 1. The van der Waals surface area contributed by atoms with E-state index in [2.05, 4.69) is 26.6 Å². The second-order valence-electron chi connectivity index (χ2n) is 4.02. The van der Waals surface area contributed by atoms with Crippen LogP contribution in [0.4, 0.5) is 0 Å². The number of benzene rings is 1. The van der Waals surface area contributed by atoms with E-state index in [1.54, 1.807) is 0 Å². The molecule has 2 N–H and O–H groups in total. The van der Waals surface area contributed by atoms with Gasteiger partial charge in [-0.25, -0.2) is 0 Å². The smallest absolute Gasteiger partial charge is 0.223 e. The molecule has 1 aromatic rings. The highest BCUT2D eigenvalue weighted by Crippen LogP contribution is 2.23. The predicted molar refractivity (Wildman–Crippen MR) is 75.8 cm³/mol. The van der Waals surface area contributed by atoms with Crippen LogP contribution in [0.15, 0.2) is 28.7 Å². The fourth-order valence-electron chi connectivity index (χ4n) is 1.27. The second kappa shape index (κ2) is 8.11. The number of carbonyl (C=O) groups is 1. The molecule has 1 unspecified atom stereocenters. The predicted octanol–water partition coefficient (Wildman–Crippen LogP) is 1.94. The number of ether oxygens (including phenoxy) is 1. The van der Waals surface area contributed by atoms with Gasteiger partial charge in [0.1, 0.15) is 5.75 Å². The summed E-state index contributed by atoms with van der Waals surface area (Å²) in [7, 11) is 1.87. The number of amides is 1. The zero-order chi connectivity index (χ0) is 13.4. The minimum absolute atomic E-state index is 0.00385. The lowest BCUT2D eigenvalue weighted by atomic mass is 10.3. The molecule has 1 aromatic carbocycles. The van der Waals surface area contributed by atoms with Gasteiger partial charge in [-0.05, 0) is 42.0 Å². The molecule has 1 atom stereocenters. The van der Waals surface area contributed by atoms with Gasteiger partial charge in [-0.3, -0.25) is 4.79 Å². The average molecular weight is 315 g/mol. The molecule has 100 valence electrons. The molecular formula is C13H19BrN2O2. The van der Waals surface area contributed by atoms with E-state index in [-0.39, 0.29) is 11.9 Å². The number of hydrogen-bond donors (Lipinski definition) is 2. The van der Waals surface area contributed by atoms with Gasteiger partial charge in [-0.1, -0.05) is 12.1 Å². The first kappa shape index (κ1) is 15.0. The monoisotopic (exact) mass is 314 g/mol. The lowest BCUT2D eigenvalue weighted by molar-refractivity contribution is -0.121. The molecule has 0 aromatic heterocycles. The van der Waals surface area contributed by atoms with Crippen LogP contribution >= 0.6 is 15.9 Å². The van der Waals surface area contributed by atoms with Crippen LogP contribution in [0.25, 0.3) is 0 Å². The first-order valence-corrected chi connectivity index (χ1v) is 6.74. The number of hydrogen-bond acceptors (Lipinski definition) is 3. The van der Waals surface area contributed by atoms with Crippen LogP contribution in [0.2, 0.25) is 0 Å². The van der Waals surface area contributed by atoms with Crippen LogP contribution in [0.5, 0.6) is 5.75 Å². The zero-order valence-electron chi connectivity index (χ0n) is 10.7. The van der Waals surface area contributed by atoms with E-state index in [9.17, 15) is 4.79 Å². The highest BCUT2D eigenvalue weighted by atomic mass is 79.9. The minimum Gasteiger partial charge on any atom is -0.492 e. The summed E-state index contributed by atoms with van der Waals surface area (Å²) in [5, 5.41) is 5.90. The van der Waals surface area contributed by atoms with E-state index in [0.29, 0.717) is 19.6 Å². The third kappa shape index (κ3) is 5.51. The Labute approximate surface area is 116 Å². The van der Waals surface area contributed by atoms with Crippen LogP contribution in [0, 0.1) is 0 Å². The Kier molecular flexibility index (Phi) is 6.75. The van der Waals surface area contributed by atoms with Gasteiger partial charge in [0.25, 0.3) is 0 Å². The molecule has 1 rings (SSSR count). The molecule has 0 saturated heterocycles. The van der Waals surface area contributed by atoms with E-state index >= 15 is 0 Å². The maximum atomic E-state index is 11.5. The van der Waals surface area contributed by atoms with Crippen molar-refractivity contribution < 1.29 is 9.53 Å². The van der Waals surface area contributed by atoms with Gasteiger partial charge in [-0.15, -0.1) is 0 Å². The first-order chi connectivity index (χ1) is 8.63. The lowest BCUT2D eigenvalue weighted by Gasteiger charge is -2.12. The number of nitrogens with one attached hydrogen (secondary N) is 2. The normalized spacial score (nSPS) is 11.9. The summed E-state index contributed by atoms with van der Waals surface area (Å²) < 4.78 is 6.41. The molecule has 0 saturated carbocycles. The van der Waals surface area contributed by atoms with Crippen molar-refractivity contribution in [3.05, 3.63) is 28.7 Å². The number of halogens is 1. The maximum Gasteiger partial charge on any atom is 0.223 e. The fourth-order valence-corrected chi connectivity index (χ4v) is 1.67. The van der Waals surface area contributed by atoms with Crippen molar-refractivity contribution in [1.29, 1.82) is 0 Å². The number of para-hydroxylation sites is 1.